The molecule has 0 spiro atoms. The lowest BCUT2D eigenvalue weighted by Crippen LogP contribution is -2.48. The third kappa shape index (κ3) is 3.38. The van der Waals surface area contributed by atoms with Crippen molar-refractivity contribution in [3.05, 3.63) is 35.5 Å². The Morgan fingerprint density at radius 3 is 2.67 bits per heavy atom. The number of rotatable bonds is 11. The van der Waals surface area contributed by atoms with Gasteiger partial charge in [-0.1, -0.05) is 58.6 Å². The van der Waals surface area contributed by atoms with Gasteiger partial charge in [-0.3, -0.25) is 9.28 Å². The van der Waals surface area contributed by atoms with Crippen LogP contribution in [0.2, 0.25) is 0 Å². The number of hydrogen-bond acceptors (Lipinski definition) is 1. The minimum atomic E-state index is -0.157. The highest BCUT2D eigenvalue weighted by atomic mass is 16.2. The zero-order valence-corrected chi connectivity index (χ0v) is 21.4. The van der Waals surface area contributed by atoms with Crippen LogP contribution in [0.15, 0.2) is 24.4 Å². The molecule has 1 aromatic heterocycles. The molecular formula is C29H44N3O+. The summed E-state index contributed by atoms with van der Waals surface area (Å²) in [6.07, 6.45) is 13.1. The van der Waals surface area contributed by atoms with Gasteiger partial charge in [0.15, 0.2) is 0 Å². The molecule has 0 radical (unpaired) electrons. The Balaban J connectivity index is 1.49. The molecule has 1 amide bonds. The van der Waals surface area contributed by atoms with Crippen LogP contribution in [-0.4, -0.2) is 58.1 Å². The number of aryl methyl sites for hydroxylation is 1. The van der Waals surface area contributed by atoms with E-state index in [9.17, 15) is 4.79 Å². The zero-order valence-electron chi connectivity index (χ0n) is 21.4. The van der Waals surface area contributed by atoms with Gasteiger partial charge in [0.1, 0.15) is 12.6 Å². The van der Waals surface area contributed by atoms with E-state index in [1.807, 2.05) is 0 Å². The molecule has 2 fully saturated rings. The van der Waals surface area contributed by atoms with Crippen LogP contribution in [0.1, 0.15) is 89.2 Å². The Bertz CT molecular complexity index is 1030. The molecule has 180 valence electrons. The van der Waals surface area contributed by atoms with E-state index in [2.05, 4.69) is 61.7 Å². The van der Waals surface area contributed by atoms with Crippen molar-refractivity contribution >= 4 is 16.8 Å². The Labute approximate surface area is 200 Å². The van der Waals surface area contributed by atoms with Crippen LogP contribution < -0.4 is 0 Å². The van der Waals surface area contributed by atoms with Gasteiger partial charge in [-0.15, -0.1) is 0 Å². The summed E-state index contributed by atoms with van der Waals surface area (Å²) in [5, 5.41) is 1.52. The molecule has 1 aromatic carbocycles. The molecule has 4 atom stereocenters. The Morgan fingerprint density at radius 2 is 1.91 bits per heavy atom. The first-order valence-corrected chi connectivity index (χ1v) is 13.8. The minimum absolute atomic E-state index is 0.157. The van der Waals surface area contributed by atoms with E-state index in [1.165, 1.54) is 61.5 Å². The fourth-order valence-corrected chi connectivity index (χ4v) is 7.56. The molecule has 2 saturated heterocycles. The van der Waals surface area contributed by atoms with Gasteiger partial charge in [0.05, 0.1) is 6.54 Å². The molecule has 2 aromatic rings. The predicted molar refractivity (Wildman–Crippen MR) is 136 cm³/mol. The maximum Gasteiger partial charge on any atom is 0.289 e. The number of amides is 1. The fraction of sp³-hybridized carbons (Fsp3) is 0.690. The third-order valence-electron chi connectivity index (χ3n) is 9.30. The summed E-state index contributed by atoms with van der Waals surface area (Å²) >= 11 is 0. The largest absolute Gasteiger partial charge is 0.347 e. The molecule has 1 aliphatic carbocycles. The number of likely N-dealkylation sites (N-methyl/N-ethyl adjacent to an activating group) is 1. The van der Waals surface area contributed by atoms with E-state index >= 15 is 0 Å². The van der Waals surface area contributed by atoms with E-state index in [4.69, 9.17) is 0 Å². The van der Waals surface area contributed by atoms with Crippen molar-refractivity contribution in [1.29, 1.82) is 0 Å². The lowest BCUT2D eigenvalue weighted by atomic mass is 9.77. The second-order valence-corrected chi connectivity index (χ2v) is 11.3. The molecule has 0 saturated carbocycles. The van der Waals surface area contributed by atoms with Crippen molar-refractivity contribution in [3.8, 4) is 0 Å². The number of fused-ring (bicyclic) bond motifs is 4. The molecule has 0 bridgehead atoms. The monoisotopic (exact) mass is 450 g/mol. The number of aromatic nitrogens is 1. The number of hydrogen-bond donors (Lipinski definition) is 0. The number of carbonyl (C=O) groups excluding carboxylic acids is 1. The van der Waals surface area contributed by atoms with Crippen molar-refractivity contribution < 1.29 is 9.28 Å². The molecular weight excluding hydrogens is 406 g/mol. The summed E-state index contributed by atoms with van der Waals surface area (Å²) in [4.78, 5) is 16.0. The number of carbonyl (C=O) groups is 1. The Kier molecular flexibility index (Phi) is 6.09. The summed E-state index contributed by atoms with van der Waals surface area (Å²) in [5.41, 5.74) is 4.34. The maximum atomic E-state index is 13.9. The minimum Gasteiger partial charge on any atom is -0.347 e. The number of nitrogens with zero attached hydrogens (tertiary/aromatic N) is 3. The Morgan fingerprint density at radius 1 is 1.12 bits per heavy atom. The molecule has 2 aliphatic heterocycles. The number of benzene rings is 1. The zero-order chi connectivity index (χ0) is 23.2. The fourth-order valence-electron chi connectivity index (χ4n) is 7.56. The molecule has 5 rings (SSSR count). The van der Waals surface area contributed by atoms with E-state index in [0.29, 0.717) is 17.9 Å². The van der Waals surface area contributed by atoms with E-state index in [1.54, 1.807) is 5.56 Å². The average Bonchev–Trinajstić information content (AvgIpc) is 3.22. The van der Waals surface area contributed by atoms with Gasteiger partial charge in [0, 0.05) is 56.0 Å². The van der Waals surface area contributed by atoms with Gasteiger partial charge in [-0.25, -0.2) is 0 Å². The quantitative estimate of drug-likeness (QED) is 0.239. The molecule has 2 unspecified atom stereocenters. The first-order chi connectivity index (χ1) is 16.0. The van der Waals surface area contributed by atoms with Gasteiger partial charge >= 0.3 is 0 Å². The summed E-state index contributed by atoms with van der Waals surface area (Å²) < 4.78 is 3.58. The molecule has 3 aliphatic rings. The van der Waals surface area contributed by atoms with Gasteiger partial charge in [0.25, 0.3) is 5.91 Å². The lowest BCUT2D eigenvalue weighted by Gasteiger charge is -2.33. The van der Waals surface area contributed by atoms with Crippen LogP contribution in [0, 0.1) is 0 Å². The topological polar surface area (TPSA) is 25.2 Å². The van der Waals surface area contributed by atoms with Crippen molar-refractivity contribution in [2.24, 2.45) is 0 Å². The van der Waals surface area contributed by atoms with Crippen molar-refractivity contribution in [2.75, 3.05) is 26.7 Å². The summed E-state index contributed by atoms with van der Waals surface area (Å²) in [7, 11) is 2.06. The highest BCUT2D eigenvalue weighted by Gasteiger charge is 2.83. The van der Waals surface area contributed by atoms with Gasteiger partial charge < -0.3 is 9.47 Å². The first kappa shape index (κ1) is 23.0. The van der Waals surface area contributed by atoms with E-state index in [0.717, 1.165) is 43.4 Å². The highest BCUT2D eigenvalue weighted by molar-refractivity contribution is 5.91. The second-order valence-electron chi connectivity index (χ2n) is 11.3. The normalized spacial score (nSPS) is 29.2. The molecule has 0 N–H and O–H groups in total. The van der Waals surface area contributed by atoms with Crippen LogP contribution >= 0.6 is 0 Å². The van der Waals surface area contributed by atoms with Crippen LogP contribution in [0.4, 0.5) is 0 Å². The summed E-state index contributed by atoms with van der Waals surface area (Å²) in [5.74, 6) is 0.968. The van der Waals surface area contributed by atoms with Gasteiger partial charge in [0.2, 0.25) is 5.54 Å². The van der Waals surface area contributed by atoms with Crippen molar-refractivity contribution in [3.63, 3.8) is 0 Å². The summed E-state index contributed by atoms with van der Waals surface area (Å²) in [6.45, 7) is 11.1. The molecule has 33 heavy (non-hydrogen) atoms. The maximum absolute atomic E-state index is 13.9. The summed E-state index contributed by atoms with van der Waals surface area (Å²) in [6, 6.07) is 7.55. The number of quaternary nitrogens is 1. The third-order valence-corrected chi connectivity index (χ3v) is 9.30. The lowest BCUT2D eigenvalue weighted by molar-refractivity contribution is -0.840. The predicted octanol–water partition coefficient (Wildman–Crippen LogP) is 5.87. The molecule has 4 nitrogen and oxygen atoms in total. The van der Waals surface area contributed by atoms with Gasteiger partial charge in [-0.05, 0) is 36.5 Å². The number of unbranched alkanes of at least 4 members (excludes halogenated alkanes) is 4. The van der Waals surface area contributed by atoms with E-state index < -0.39 is 0 Å². The SMILES string of the molecule is CCCCCN(C)C(=O)[C@]12CC3c4cccc5c4c(cn5CCCC)C[C@H]3[N+]1(CCCC)C2. The molecule has 3 heterocycles. The average molecular weight is 451 g/mol. The second kappa shape index (κ2) is 8.76. The molecule has 4 heteroatoms. The van der Waals surface area contributed by atoms with Crippen LogP contribution in [0.25, 0.3) is 10.9 Å². The van der Waals surface area contributed by atoms with Crippen LogP contribution in [0.5, 0.6) is 0 Å². The number of piperidine rings is 1. The van der Waals surface area contributed by atoms with Crippen molar-refractivity contribution in [2.45, 2.75) is 103 Å². The van der Waals surface area contributed by atoms with E-state index in [-0.39, 0.29) is 5.54 Å². The standard InChI is InChI=1S/C29H44N3O/c1-5-8-11-15-30(4)28(33)29-19-24-23-13-12-14-25-27(23)22(20-31(25)16-9-6-2)18-26(24)32(29,21-29)17-10-7-3/h12-14,20,24,26H,5-11,15-19,21H2,1-4H3/q+1/t24?,26-,29-,32?/m1/s1. The van der Waals surface area contributed by atoms with Gasteiger partial charge in [-0.2, -0.15) is 0 Å². The first-order valence-electron chi connectivity index (χ1n) is 13.8. The highest BCUT2D eigenvalue weighted by Crippen LogP contribution is 2.64. The van der Waals surface area contributed by atoms with Crippen LogP contribution in [-0.2, 0) is 17.8 Å². The smallest absolute Gasteiger partial charge is 0.289 e. The Hall–Kier alpha value is -1.81. The van der Waals surface area contributed by atoms with Crippen LogP contribution in [0.3, 0.4) is 0 Å². The van der Waals surface area contributed by atoms with Crippen molar-refractivity contribution in [1.82, 2.24) is 9.47 Å².